The fourth-order valence-corrected chi connectivity index (χ4v) is 2.19. The molecule has 0 saturated carbocycles. The first-order chi connectivity index (χ1) is 10.6. The first-order valence-corrected chi connectivity index (χ1v) is 6.77. The van der Waals surface area contributed by atoms with Gasteiger partial charge in [-0.05, 0) is 29.7 Å². The van der Waals surface area contributed by atoms with Crippen LogP contribution in [0.3, 0.4) is 0 Å². The average molecular weight is 292 g/mol. The lowest BCUT2D eigenvalue weighted by Gasteiger charge is -2.14. The van der Waals surface area contributed by atoms with Crippen molar-refractivity contribution in [1.29, 1.82) is 5.26 Å². The number of nitriles is 1. The Morgan fingerprint density at radius 1 is 1.09 bits per heavy atom. The van der Waals surface area contributed by atoms with Crippen LogP contribution in [0.25, 0.3) is 0 Å². The van der Waals surface area contributed by atoms with Crippen molar-refractivity contribution < 1.29 is 4.79 Å². The summed E-state index contributed by atoms with van der Waals surface area (Å²) >= 11 is 0. The summed E-state index contributed by atoms with van der Waals surface area (Å²) in [6, 6.07) is 18.5. The molecule has 0 radical (unpaired) electrons. The lowest BCUT2D eigenvalue weighted by molar-refractivity contribution is -0.119. The zero-order valence-corrected chi connectivity index (χ0v) is 11.9. The minimum Gasteiger partial charge on any atom is -0.370 e. The molecule has 2 rings (SSSR count). The van der Waals surface area contributed by atoms with Gasteiger partial charge in [0.15, 0.2) is 5.96 Å². The Kier molecular flexibility index (Phi) is 4.89. The van der Waals surface area contributed by atoms with Gasteiger partial charge in [0.05, 0.1) is 17.6 Å². The molecule has 110 valence electrons. The van der Waals surface area contributed by atoms with Crippen molar-refractivity contribution >= 4 is 11.9 Å². The average Bonchev–Trinajstić information content (AvgIpc) is 2.53. The molecular formula is C17H16N4O. The molecule has 2 aromatic carbocycles. The lowest BCUT2D eigenvalue weighted by atomic mass is 9.91. The van der Waals surface area contributed by atoms with E-state index in [1.807, 2.05) is 42.5 Å². The number of rotatable bonds is 4. The second-order valence-corrected chi connectivity index (χ2v) is 4.85. The van der Waals surface area contributed by atoms with Crippen LogP contribution in [0.2, 0.25) is 0 Å². The summed E-state index contributed by atoms with van der Waals surface area (Å²) in [5.41, 5.74) is 13.0. The second kappa shape index (κ2) is 7.04. The van der Waals surface area contributed by atoms with E-state index in [0.717, 1.165) is 11.1 Å². The highest BCUT2D eigenvalue weighted by Crippen LogP contribution is 2.22. The van der Waals surface area contributed by atoms with E-state index in [-0.39, 0.29) is 11.9 Å². The predicted octanol–water partition coefficient (Wildman–Crippen LogP) is 1.68. The van der Waals surface area contributed by atoms with Gasteiger partial charge in [-0.2, -0.15) is 10.3 Å². The van der Waals surface area contributed by atoms with Crippen LogP contribution in [0.5, 0.6) is 0 Å². The Morgan fingerprint density at radius 2 is 1.73 bits per heavy atom. The van der Waals surface area contributed by atoms with E-state index < -0.39 is 5.92 Å². The van der Waals surface area contributed by atoms with Gasteiger partial charge in [-0.1, -0.05) is 42.5 Å². The third-order valence-electron chi connectivity index (χ3n) is 3.26. The molecule has 0 unspecified atom stereocenters. The van der Waals surface area contributed by atoms with E-state index in [2.05, 4.69) is 11.1 Å². The maximum absolute atomic E-state index is 12.3. The van der Waals surface area contributed by atoms with Gasteiger partial charge < -0.3 is 11.5 Å². The van der Waals surface area contributed by atoms with Crippen molar-refractivity contribution in [2.75, 3.05) is 0 Å². The van der Waals surface area contributed by atoms with Crippen molar-refractivity contribution in [3.05, 3.63) is 71.3 Å². The molecule has 1 amide bonds. The molecular weight excluding hydrogens is 276 g/mol. The zero-order valence-electron chi connectivity index (χ0n) is 11.9. The number of nitrogens with two attached hydrogens (primary N) is 2. The quantitative estimate of drug-likeness (QED) is 0.660. The van der Waals surface area contributed by atoms with Gasteiger partial charge in [-0.25, -0.2) is 0 Å². The van der Waals surface area contributed by atoms with Crippen LogP contribution in [-0.4, -0.2) is 11.9 Å². The molecule has 0 saturated heterocycles. The number of hydrogen-bond acceptors (Lipinski definition) is 2. The topological polar surface area (TPSA) is 105 Å². The molecule has 5 nitrogen and oxygen atoms in total. The van der Waals surface area contributed by atoms with Crippen LogP contribution < -0.4 is 11.5 Å². The van der Waals surface area contributed by atoms with Gasteiger partial charge in [-0.15, -0.1) is 0 Å². The highest BCUT2D eigenvalue weighted by Gasteiger charge is 2.20. The Labute approximate surface area is 128 Å². The van der Waals surface area contributed by atoms with Crippen molar-refractivity contribution in [2.24, 2.45) is 16.5 Å². The van der Waals surface area contributed by atoms with Crippen molar-refractivity contribution in [3.8, 4) is 6.07 Å². The molecule has 0 fully saturated rings. The predicted molar refractivity (Wildman–Crippen MR) is 84.9 cm³/mol. The monoisotopic (exact) mass is 292 g/mol. The van der Waals surface area contributed by atoms with Crippen LogP contribution in [-0.2, 0) is 11.2 Å². The minimum absolute atomic E-state index is 0.245. The molecule has 0 bridgehead atoms. The van der Waals surface area contributed by atoms with E-state index >= 15 is 0 Å². The van der Waals surface area contributed by atoms with Crippen LogP contribution in [0.1, 0.15) is 22.6 Å². The van der Waals surface area contributed by atoms with Crippen LogP contribution >= 0.6 is 0 Å². The van der Waals surface area contributed by atoms with E-state index in [1.165, 1.54) is 0 Å². The number of carbonyl (C=O) groups is 1. The van der Waals surface area contributed by atoms with Gasteiger partial charge in [0, 0.05) is 0 Å². The minimum atomic E-state index is -0.462. The molecule has 22 heavy (non-hydrogen) atoms. The SMILES string of the molecule is N#Cc1ccc(C[C@H](C(=O)N=C(N)N)c2ccccc2)cc1. The Balaban J connectivity index is 2.30. The van der Waals surface area contributed by atoms with Crippen molar-refractivity contribution in [3.63, 3.8) is 0 Å². The number of guanidine groups is 1. The number of carbonyl (C=O) groups excluding carboxylic acids is 1. The van der Waals surface area contributed by atoms with E-state index in [0.29, 0.717) is 12.0 Å². The molecule has 2 aromatic rings. The number of hydrogen-bond donors (Lipinski definition) is 2. The molecule has 0 heterocycles. The molecule has 0 aliphatic heterocycles. The largest absolute Gasteiger partial charge is 0.370 e. The number of benzene rings is 2. The zero-order chi connectivity index (χ0) is 15.9. The fourth-order valence-electron chi connectivity index (χ4n) is 2.19. The normalized spacial score (nSPS) is 11.2. The van der Waals surface area contributed by atoms with Crippen molar-refractivity contribution in [2.45, 2.75) is 12.3 Å². The lowest BCUT2D eigenvalue weighted by Crippen LogP contribution is -2.26. The Morgan fingerprint density at radius 3 is 2.27 bits per heavy atom. The highest BCUT2D eigenvalue weighted by molar-refractivity contribution is 5.95. The number of amides is 1. The van der Waals surface area contributed by atoms with Gasteiger partial charge in [0.25, 0.3) is 5.91 Å². The maximum atomic E-state index is 12.3. The second-order valence-electron chi connectivity index (χ2n) is 4.85. The molecule has 1 atom stereocenters. The fraction of sp³-hybridized carbons (Fsp3) is 0.118. The first kappa shape index (κ1) is 15.3. The summed E-state index contributed by atoms with van der Waals surface area (Å²) < 4.78 is 0. The van der Waals surface area contributed by atoms with Crippen LogP contribution in [0.15, 0.2) is 59.6 Å². The molecule has 0 aromatic heterocycles. The maximum Gasteiger partial charge on any atom is 0.256 e. The number of aliphatic imine (C=N–C) groups is 1. The molecule has 0 aliphatic rings. The highest BCUT2D eigenvalue weighted by atomic mass is 16.1. The number of nitrogens with zero attached hydrogens (tertiary/aromatic N) is 2. The van der Waals surface area contributed by atoms with Gasteiger partial charge in [0.2, 0.25) is 0 Å². The molecule has 5 heteroatoms. The molecule has 0 aliphatic carbocycles. The van der Waals surface area contributed by atoms with Gasteiger partial charge >= 0.3 is 0 Å². The first-order valence-electron chi connectivity index (χ1n) is 6.77. The standard InChI is InChI=1S/C17H16N4O/c18-11-13-8-6-12(7-9-13)10-15(16(22)21-17(19)20)14-4-2-1-3-5-14/h1-9,15H,10H2,(H4,19,20,21,22)/t15-/m0/s1. The smallest absolute Gasteiger partial charge is 0.256 e. The van der Waals surface area contributed by atoms with Crippen LogP contribution in [0, 0.1) is 11.3 Å². The van der Waals surface area contributed by atoms with Crippen molar-refractivity contribution in [1.82, 2.24) is 0 Å². The summed E-state index contributed by atoms with van der Waals surface area (Å²) in [4.78, 5) is 15.9. The third kappa shape index (κ3) is 3.93. The van der Waals surface area contributed by atoms with E-state index in [1.54, 1.807) is 12.1 Å². The van der Waals surface area contributed by atoms with E-state index in [4.69, 9.17) is 16.7 Å². The summed E-state index contributed by atoms with van der Waals surface area (Å²) in [7, 11) is 0. The van der Waals surface area contributed by atoms with Crippen LogP contribution in [0.4, 0.5) is 0 Å². The van der Waals surface area contributed by atoms with Gasteiger partial charge in [-0.3, -0.25) is 4.79 Å². The molecule has 0 spiro atoms. The van der Waals surface area contributed by atoms with E-state index in [9.17, 15) is 4.79 Å². The summed E-state index contributed by atoms with van der Waals surface area (Å²) in [6.45, 7) is 0. The third-order valence-corrected chi connectivity index (χ3v) is 3.26. The Bertz CT molecular complexity index is 711. The van der Waals surface area contributed by atoms with Gasteiger partial charge in [0.1, 0.15) is 0 Å². The molecule has 4 N–H and O–H groups in total. The summed E-state index contributed by atoms with van der Waals surface area (Å²) in [5, 5.41) is 8.83. The summed E-state index contributed by atoms with van der Waals surface area (Å²) in [5.74, 6) is -1.09. The summed E-state index contributed by atoms with van der Waals surface area (Å²) in [6.07, 6.45) is 0.464. The Hall–Kier alpha value is -3.13.